The van der Waals surface area contributed by atoms with E-state index in [0.717, 1.165) is 27.8 Å². The Morgan fingerprint density at radius 2 is 1.77 bits per heavy atom. The number of nitrogens with zero attached hydrogens (tertiary/aromatic N) is 1. The largest absolute Gasteiger partial charge is 0.352 e. The van der Waals surface area contributed by atoms with Gasteiger partial charge in [0.1, 0.15) is 6.04 Å². The summed E-state index contributed by atoms with van der Waals surface area (Å²) in [5.41, 5.74) is 1.99. The lowest BCUT2D eigenvalue weighted by Gasteiger charge is -2.31. The first-order chi connectivity index (χ1) is 14.8. The van der Waals surface area contributed by atoms with Crippen molar-refractivity contribution in [3.8, 4) is 0 Å². The lowest BCUT2D eigenvalue weighted by Crippen LogP contribution is -2.51. The fraction of sp³-hybridized carbons (Fsp3) is 0.417. The highest BCUT2D eigenvalue weighted by molar-refractivity contribution is 9.10. The van der Waals surface area contributed by atoms with E-state index in [-0.39, 0.29) is 17.9 Å². The third-order valence-corrected chi connectivity index (χ3v) is 6.98. The summed E-state index contributed by atoms with van der Waals surface area (Å²) in [6.45, 7) is 6.24. The van der Waals surface area contributed by atoms with Crippen LogP contribution in [0, 0.1) is 0 Å². The molecular weight excluding hydrogens is 496 g/mol. The first-order valence-electron chi connectivity index (χ1n) is 10.5. The molecule has 0 aliphatic carbocycles. The van der Waals surface area contributed by atoms with Crippen LogP contribution in [0.5, 0.6) is 0 Å². The Morgan fingerprint density at radius 3 is 2.39 bits per heavy atom. The first kappa shape index (κ1) is 25.8. The number of hydrogen-bond acceptors (Lipinski definition) is 3. The van der Waals surface area contributed by atoms with Crippen LogP contribution in [-0.2, 0) is 21.9 Å². The number of thioether (sulfide) groups is 1. The number of hydrogen-bond donors (Lipinski definition) is 1. The zero-order chi connectivity index (χ0) is 22.8. The summed E-state index contributed by atoms with van der Waals surface area (Å²) in [6, 6.07) is 15.1. The third-order valence-electron chi connectivity index (χ3n) is 5.09. The van der Waals surface area contributed by atoms with Gasteiger partial charge in [0.05, 0.1) is 5.75 Å². The number of carbonyl (C=O) groups excluding carboxylic acids is 2. The van der Waals surface area contributed by atoms with E-state index in [0.29, 0.717) is 23.7 Å². The van der Waals surface area contributed by atoms with Crippen molar-refractivity contribution in [2.24, 2.45) is 0 Å². The van der Waals surface area contributed by atoms with Crippen molar-refractivity contribution in [3.63, 3.8) is 0 Å². The van der Waals surface area contributed by atoms with Crippen LogP contribution in [0.15, 0.2) is 53.0 Å². The molecule has 2 unspecified atom stereocenters. The summed E-state index contributed by atoms with van der Waals surface area (Å²) in [5, 5.41) is 3.62. The maximum absolute atomic E-state index is 13.2. The molecule has 0 saturated heterocycles. The van der Waals surface area contributed by atoms with Gasteiger partial charge in [-0.05, 0) is 49.1 Å². The summed E-state index contributed by atoms with van der Waals surface area (Å²) in [7, 11) is 0. The minimum atomic E-state index is -0.536. The minimum Gasteiger partial charge on any atom is -0.352 e. The van der Waals surface area contributed by atoms with Gasteiger partial charge in [-0.3, -0.25) is 9.59 Å². The van der Waals surface area contributed by atoms with E-state index in [4.69, 9.17) is 11.6 Å². The number of carbonyl (C=O) groups is 2. The molecule has 0 radical (unpaired) electrons. The molecule has 7 heteroatoms. The smallest absolute Gasteiger partial charge is 0.243 e. The average molecular weight is 526 g/mol. The molecule has 2 atom stereocenters. The van der Waals surface area contributed by atoms with Crippen molar-refractivity contribution in [3.05, 3.63) is 69.2 Å². The van der Waals surface area contributed by atoms with Crippen LogP contribution in [0.1, 0.15) is 44.7 Å². The first-order valence-corrected chi connectivity index (χ1v) is 12.8. The number of halogens is 2. The summed E-state index contributed by atoms with van der Waals surface area (Å²) >= 11 is 11.3. The van der Waals surface area contributed by atoms with Crippen LogP contribution in [0.3, 0.4) is 0 Å². The lowest BCUT2D eigenvalue weighted by molar-refractivity contribution is -0.139. The van der Waals surface area contributed by atoms with Crippen LogP contribution in [0.25, 0.3) is 0 Å². The molecule has 0 aliphatic heterocycles. The van der Waals surface area contributed by atoms with Crippen LogP contribution in [-0.4, -0.2) is 34.6 Å². The molecule has 2 rings (SSSR count). The Bertz CT molecular complexity index is 863. The Kier molecular flexibility index (Phi) is 10.9. The van der Waals surface area contributed by atoms with Gasteiger partial charge in [0.2, 0.25) is 11.8 Å². The second-order valence-corrected chi connectivity index (χ2v) is 9.78. The van der Waals surface area contributed by atoms with Gasteiger partial charge in [0.25, 0.3) is 0 Å². The topological polar surface area (TPSA) is 49.4 Å². The molecule has 2 aromatic rings. The van der Waals surface area contributed by atoms with Crippen molar-refractivity contribution < 1.29 is 9.59 Å². The van der Waals surface area contributed by atoms with Gasteiger partial charge in [0, 0.05) is 27.8 Å². The highest BCUT2D eigenvalue weighted by Gasteiger charge is 2.29. The van der Waals surface area contributed by atoms with Crippen molar-refractivity contribution in [1.82, 2.24) is 10.2 Å². The van der Waals surface area contributed by atoms with Gasteiger partial charge in [0.15, 0.2) is 0 Å². The molecule has 0 saturated carbocycles. The molecule has 168 valence electrons. The zero-order valence-electron chi connectivity index (χ0n) is 18.2. The van der Waals surface area contributed by atoms with Gasteiger partial charge in [-0.25, -0.2) is 0 Å². The second-order valence-electron chi connectivity index (χ2n) is 7.47. The average Bonchev–Trinajstić information content (AvgIpc) is 2.76. The van der Waals surface area contributed by atoms with E-state index in [2.05, 4.69) is 21.2 Å². The van der Waals surface area contributed by atoms with Crippen LogP contribution < -0.4 is 5.32 Å². The monoisotopic (exact) mass is 524 g/mol. The van der Waals surface area contributed by atoms with Gasteiger partial charge in [-0.2, -0.15) is 0 Å². The SMILES string of the molecule is CCC(C)NC(=O)C(CC)N(Cc1ccccc1Cl)C(=O)CSCc1ccc(Br)cc1. The zero-order valence-corrected chi connectivity index (χ0v) is 21.4. The maximum atomic E-state index is 13.2. The maximum Gasteiger partial charge on any atom is 0.243 e. The number of amides is 2. The molecule has 31 heavy (non-hydrogen) atoms. The number of rotatable bonds is 11. The predicted molar refractivity (Wildman–Crippen MR) is 134 cm³/mol. The normalized spacial score (nSPS) is 12.8. The standard InChI is InChI=1S/C24H30BrClN2O2S/c1-4-17(3)27-24(30)22(5-2)28(14-19-8-6-7-9-21(19)26)23(29)16-31-15-18-10-12-20(25)13-11-18/h6-13,17,22H,4-5,14-16H2,1-3H3,(H,27,30). The summed E-state index contributed by atoms with van der Waals surface area (Å²) in [5.74, 6) is 0.853. The quantitative estimate of drug-likeness (QED) is 0.388. The van der Waals surface area contributed by atoms with E-state index in [9.17, 15) is 9.59 Å². The summed E-state index contributed by atoms with van der Waals surface area (Å²) in [6.07, 6.45) is 1.37. The van der Waals surface area contributed by atoms with Crippen molar-refractivity contribution in [1.29, 1.82) is 0 Å². The third kappa shape index (κ3) is 8.17. The Labute approximate surface area is 203 Å². The van der Waals surface area contributed by atoms with E-state index >= 15 is 0 Å². The van der Waals surface area contributed by atoms with Crippen LogP contribution >= 0.6 is 39.3 Å². The Hall–Kier alpha value is -1.50. The number of benzene rings is 2. The molecule has 0 bridgehead atoms. The van der Waals surface area contributed by atoms with E-state index < -0.39 is 6.04 Å². The highest BCUT2D eigenvalue weighted by Crippen LogP contribution is 2.22. The molecule has 4 nitrogen and oxygen atoms in total. The Balaban J connectivity index is 2.14. The van der Waals surface area contributed by atoms with E-state index in [1.165, 1.54) is 0 Å². The van der Waals surface area contributed by atoms with Crippen LogP contribution in [0.4, 0.5) is 0 Å². The Morgan fingerprint density at radius 1 is 1.10 bits per heavy atom. The summed E-state index contributed by atoms with van der Waals surface area (Å²) < 4.78 is 1.03. The van der Waals surface area contributed by atoms with Crippen molar-refractivity contribution >= 4 is 51.1 Å². The molecule has 1 N–H and O–H groups in total. The predicted octanol–water partition coefficient (Wildman–Crippen LogP) is 6.06. The molecule has 0 aliphatic rings. The van der Waals surface area contributed by atoms with Crippen molar-refractivity contribution in [2.75, 3.05) is 5.75 Å². The van der Waals surface area contributed by atoms with E-state index in [1.54, 1.807) is 16.7 Å². The van der Waals surface area contributed by atoms with Gasteiger partial charge in [-0.15, -0.1) is 11.8 Å². The number of nitrogens with one attached hydrogen (secondary N) is 1. The molecule has 2 aromatic carbocycles. The lowest BCUT2D eigenvalue weighted by atomic mass is 10.1. The molecule has 0 heterocycles. The highest BCUT2D eigenvalue weighted by atomic mass is 79.9. The molecule has 2 amide bonds. The molecule has 0 aromatic heterocycles. The molecule has 0 fully saturated rings. The minimum absolute atomic E-state index is 0.0607. The van der Waals surface area contributed by atoms with Gasteiger partial charge < -0.3 is 10.2 Å². The van der Waals surface area contributed by atoms with E-state index in [1.807, 2.05) is 69.3 Å². The summed E-state index contributed by atoms with van der Waals surface area (Å²) in [4.78, 5) is 27.9. The second kappa shape index (κ2) is 13.1. The van der Waals surface area contributed by atoms with Crippen LogP contribution in [0.2, 0.25) is 5.02 Å². The molecule has 0 spiro atoms. The fourth-order valence-electron chi connectivity index (χ4n) is 3.09. The molecular formula is C24H30BrClN2O2S. The van der Waals surface area contributed by atoms with Crippen molar-refractivity contribution in [2.45, 2.75) is 58.0 Å². The van der Waals surface area contributed by atoms with Gasteiger partial charge >= 0.3 is 0 Å². The van der Waals surface area contributed by atoms with Gasteiger partial charge in [-0.1, -0.05) is 71.7 Å². The fourth-order valence-corrected chi connectivity index (χ4v) is 4.42.